The molecule has 4 aromatic rings. The van der Waals surface area contributed by atoms with Crippen LogP contribution in [-0.2, 0) is 22.2 Å². The SMILES string of the molecule is CN1CCN(C(=O)NS(=O)(=O)N(C)Cc2cccc(-n3nc(C(C)(C)C)cc3NC(=O)Nc3cccc4ccccc34)c2)CC1. The molecule has 3 aromatic carbocycles. The second-order valence-corrected chi connectivity index (χ2v) is 14.1. The highest BCUT2D eigenvalue weighted by Gasteiger charge is 2.27. The number of fused-ring (bicyclic) bond motifs is 1. The summed E-state index contributed by atoms with van der Waals surface area (Å²) in [6.45, 7) is 8.40. The molecule has 0 bridgehead atoms. The van der Waals surface area contributed by atoms with Crippen molar-refractivity contribution in [3.05, 3.63) is 84.1 Å². The van der Waals surface area contributed by atoms with E-state index < -0.39 is 22.3 Å². The van der Waals surface area contributed by atoms with Crippen LogP contribution in [0.2, 0.25) is 0 Å². The van der Waals surface area contributed by atoms with Gasteiger partial charge in [-0.1, -0.05) is 69.3 Å². The van der Waals surface area contributed by atoms with E-state index in [1.165, 1.54) is 11.9 Å². The molecular formula is C32H40N8O4S. The number of nitrogens with zero attached hydrogens (tertiary/aromatic N) is 5. The van der Waals surface area contributed by atoms with E-state index in [0.29, 0.717) is 48.9 Å². The molecule has 5 rings (SSSR count). The molecule has 4 amide bonds. The molecule has 1 aliphatic rings. The van der Waals surface area contributed by atoms with Gasteiger partial charge in [0.15, 0.2) is 0 Å². The van der Waals surface area contributed by atoms with E-state index in [-0.39, 0.29) is 12.0 Å². The number of amides is 4. The third-order valence-electron chi connectivity index (χ3n) is 7.73. The second kappa shape index (κ2) is 12.9. The van der Waals surface area contributed by atoms with Crippen molar-refractivity contribution in [2.45, 2.75) is 32.7 Å². The predicted octanol–water partition coefficient (Wildman–Crippen LogP) is 4.60. The smallest absolute Gasteiger partial charge is 0.321 e. The average Bonchev–Trinajstić information content (AvgIpc) is 3.42. The predicted molar refractivity (Wildman–Crippen MR) is 177 cm³/mol. The summed E-state index contributed by atoms with van der Waals surface area (Å²) in [5, 5.41) is 12.6. The molecule has 0 atom stereocenters. The fourth-order valence-corrected chi connectivity index (χ4v) is 5.85. The third kappa shape index (κ3) is 7.62. The zero-order valence-electron chi connectivity index (χ0n) is 26.2. The lowest BCUT2D eigenvalue weighted by Gasteiger charge is -2.32. The van der Waals surface area contributed by atoms with Crippen LogP contribution in [0, 0.1) is 0 Å². The van der Waals surface area contributed by atoms with E-state index in [0.717, 1.165) is 20.8 Å². The third-order valence-corrected chi connectivity index (χ3v) is 9.12. The first-order chi connectivity index (χ1) is 21.3. The van der Waals surface area contributed by atoms with Crippen molar-refractivity contribution in [1.29, 1.82) is 0 Å². The van der Waals surface area contributed by atoms with Gasteiger partial charge in [0.2, 0.25) is 0 Å². The zero-order valence-corrected chi connectivity index (χ0v) is 27.1. The van der Waals surface area contributed by atoms with E-state index >= 15 is 0 Å². The Morgan fingerprint density at radius 2 is 1.60 bits per heavy atom. The van der Waals surface area contributed by atoms with Crippen LogP contribution >= 0.6 is 0 Å². The number of aromatic nitrogens is 2. The quantitative estimate of drug-likeness (QED) is 0.273. The first-order valence-electron chi connectivity index (χ1n) is 14.8. The Hall–Kier alpha value is -4.46. The van der Waals surface area contributed by atoms with Crippen LogP contribution in [0.5, 0.6) is 0 Å². The summed E-state index contributed by atoms with van der Waals surface area (Å²) in [7, 11) is -0.713. The minimum absolute atomic E-state index is 0.0108. The fraction of sp³-hybridized carbons (Fsp3) is 0.344. The molecule has 1 aliphatic heterocycles. The first-order valence-corrected chi connectivity index (χ1v) is 16.2. The number of benzene rings is 3. The number of carbonyl (C=O) groups is 2. The first kappa shape index (κ1) is 31.9. The molecule has 2 heterocycles. The van der Waals surface area contributed by atoms with Crippen molar-refractivity contribution in [3.8, 4) is 5.69 Å². The molecule has 0 aliphatic carbocycles. The Balaban J connectivity index is 1.34. The molecule has 3 N–H and O–H groups in total. The lowest BCUT2D eigenvalue weighted by molar-refractivity contribution is 0.158. The van der Waals surface area contributed by atoms with Crippen LogP contribution < -0.4 is 15.4 Å². The minimum Gasteiger partial charge on any atom is -0.321 e. The molecule has 0 unspecified atom stereocenters. The highest BCUT2D eigenvalue weighted by atomic mass is 32.2. The Bertz CT molecular complexity index is 1800. The molecule has 0 radical (unpaired) electrons. The Kier molecular flexibility index (Phi) is 9.14. The van der Waals surface area contributed by atoms with Gasteiger partial charge in [-0.2, -0.15) is 17.8 Å². The number of rotatable bonds is 7. The van der Waals surface area contributed by atoms with Crippen LogP contribution in [0.4, 0.5) is 21.1 Å². The molecule has 0 saturated carbocycles. The number of anilines is 2. The van der Waals surface area contributed by atoms with E-state index in [9.17, 15) is 18.0 Å². The highest BCUT2D eigenvalue weighted by Crippen LogP contribution is 2.28. The fourth-order valence-electron chi connectivity index (χ4n) is 5.03. The Labute approximate surface area is 264 Å². The number of nitrogens with one attached hydrogen (secondary N) is 3. The van der Waals surface area contributed by atoms with E-state index in [1.54, 1.807) is 16.8 Å². The van der Waals surface area contributed by atoms with Gasteiger partial charge in [-0.3, -0.25) is 5.32 Å². The molecule has 0 spiro atoms. The molecule has 238 valence electrons. The van der Waals surface area contributed by atoms with Crippen molar-refractivity contribution in [3.63, 3.8) is 0 Å². The van der Waals surface area contributed by atoms with Gasteiger partial charge in [0.25, 0.3) is 0 Å². The van der Waals surface area contributed by atoms with Crippen molar-refractivity contribution >= 4 is 44.5 Å². The molecule has 1 aromatic heterocycles. The molecule has 13 heteroatoms. The van der Waals surface area contributed by atoms with Crippen LogP contribution in [0.25, 0.3) is 16.5 Å². The Morgan fingerprint density at radius 3 is 2.33 bits per heavy atom. The monoisotopic (exact) mass is 632 g/mol. The summed E-state index contributed by atoms with van der Waals surface area (Å²) in [5.74, 6) is 0.454. The summed E-state index contributed by atoms with van der Waals surface area (Å²) in [6, 6.07) is 21.5. The van der Waals surface area contributed by atoms with Crippen LogP contribution in [0.1, 0.15) is 32.0 Å². The summed E-state index contributed by atoms with van der Waals surface area (Å²) in [5.41, 5.74) is 2.45. The largest absolute Gasteiger partial charge is 0.332 e. The summed E-state index contributed by atoms with van der Waals surface area (Å²) < 4.78 is 30.9. The van der Waals surface area contributed by atoms with Crippen molar-refractivity contribution in [2.24, 2.45) is 0 Å². The standard InChI is InChI=1S/C32H40N8O4S/c1-32(2,3)28-21-29(34-30(41)33-27-15-9-12-24-11-6-7-14-26(24)27)40(35-28)25-13-8-10-23(20-25)22-38(5)45(43,44)36-31(42)39-18-16-37(4)17-19-39/h6-15,20-21H,16-19,22H2,1-5H3,(H,36,42)(H2,33,34,41). The number of hydrogen-bond acceptors (Lipinski definition) is 6. The van der Waals surface area contributed by atoms with Gasteiger partial charge < -0.3 is 15.1 Å². The maximum absolute atomic E-state index is 13.2. The van der Waals surface area contributed by atoms with E-state index in [4.69, 9.17) is 5.10 Å². The lowest BCUT2D eigenvalue weighted by atomic mass is 9.92. The molecule has 1 fully saturated rings. The number of carbonyl (C=O) groups excluding carboxylic acids is 2. The second-order valence-electron chi connectivity index (χ2n) is 12.3. The van der Waals surface area contributed by atoms with Crippen molar-refractivity contribution in [2.75, 3.05) is 50.9 Å². The number of urea groups is 2. The maximum atomic E-state index is 13.2. The van der Waals surface area contributed by atoms with Crippen LogP contribution in [0.3, 0.4) is 0 Å². The summed E-state index contributed by atoms with van der Waals surface area (Å²) in [4.78, 5) is 29.5. The van der Waals surface area contributed by atoms with Crippen LogP contribution in [-0.4, -0.2) is 84.6 Å². The Morgan fingerprint density at radius 1 is 0.911 bits per heavy atom. The minimum atomic E-state index is -4.09. The molecule has 1 saturated heterocycles. The average molecular weight is 633 g/mol. The van der Waals surface area contributed by atoms with Crippen molar-refractivity contribution < 1.29 is 18.0 Å². The summed E-state index contributed by atoms with van der Waals surface area (Å²) in [6.07, 6.45) is 0. The zero-order chi connectivity index (χ0) is 32.4. The maximum Gasteiger partial charge on any atom is 0.332 e. The number of piperazine rings is 1. The summed E-state index contributed by atoms with van der Waals surface area (Å²) >= 11 is 0. The highest BCUT2D eigenvalue weighted by molar-refractivity contribution is 7.87. The van der Waals surface area contributed by atoms with Gasteiger partial charge in [0, 0.05) is 56.6 Å². The molecule has 12 nitrogen and oxygen atoms in total. The lowest BCUT2D eigenvalue weighted by Crippen LogP contribution is -2.53. The van der Waals surface area contributed by atoms with Crippen molar-refractivity contribution in [1.82, 2.24) is 28.6 Å². The van der Waals surface area contributed by atoms with Gasteiger partial charge in [-0.05, 0) is 36.2 Å². The van der Waals surface area contributed by atoms with Gasteiger partial charge in [0.1, 0.15) is 5.82 Å². The molecular weight excluding hydrogens is 592 g/mol. The molecule has 45 heavy (non-hydrogen) atoms. The number of hydrogen-bond donors (Lipinski definition) is 3. The van der Waals surface area contributed by atoms with Gasteiger partial charge in [0.05, 0.1) is 17.1 Å². The van der Waals surface area contributed by atoms with E-state index in [1.807, 2.05) is 88.5 Å². The van der Waals surface area contributed by atoms with E-state index in [2.05, 4.69) is 20.3 Å². The van der Waals surface area contributed by atoms with Crippen LogP contribution in [0.15, 0.2) is 72.8 Å². The topological polar surface area (TPSA) is 132 Å². The number of likely N-dealkylation sites (N-methyl/N-ethyl adjacent to an activating group) is 1. The normalized spacial score (nSPS) is 14.5. The van der Waals surface area contributed by atoms with Gasteiger partial charge >= 0.3 is 22.3 Å². The van der Waals surface area contributed by atoms with Gasteiger partial charge in [-0.25, -0.2) is 19.0 Å². The van der Waals surface area contributed by atoms with Gasteiger partial charge in [-0.15, -0.1) is 0 Å².